The summed E-state index contributed by atoms with van der Waals surface area (Å²) in [5.74, 6) is -1.16. The Bertz CT molecular complexity index is 1600. The molecule has 1 heterocycles. The lowest BCUT2D eigenvalue weighted by Crippen LogP contribution is -2.48. The molecule has 0 spiro atoms. The number of carbonyl (C=O) groups excluding carboxylic acids is 3. The second-order valence-electron chi connectivity index (χ2n) is 11.3. The van der Waals surface area contributed by atoms with Gasteiger partial charge in [0.05, 0.1) is 17.6 Å². The Morgan fingerprint density at radius 2 is 1.61 bits per heavy atom. The molecule has 240 valence electrons. The number of carboxylic acid groups (broad SMARTS) is 1. The summed E-state index contributed by atoms with van der Waals surface area (Å²) in [6, 6.07) is 22.0. The molecule has 1 saturated carbocycles. The third-order valence-electron chi connectivity index (χ3n) is 7.86. The van der Waals surface area contributed by atoms with E-state index in [9.17, 15) is 24.3 Å². The molecule has 12 heteroatoms. The van der Waals surface area contributed by atoms with Crippen LogP contribution < -0.4 is 16.0 Å². The molecular formula is C34H38N6O6. The van der Waals surface area contributed by atoms with Crippen molar-refractivity contribution >= 4 is 35.0 Å². The SMILES string of the molecule is O=C(N[C@@H](CNC(=O)c1ccc(CN(Cc2nc3ccccc3[nH]2)C(=O)NC2CCCCC2)cc1)C(=O)O)OCc1ccccc1. The first-order valence-corrected chi connectivity index (χ1v) is 15.4. The van der Waals surface area contributed by atoms with E-state index in [1.807, 2.05) is 30.3 Å². The highest BCUT2D eigenvalue weighted by molar-refractivity contribution is 5.94. The smallest absolute Gasteiger partial charge is 0.408 e. The number of urea groups is 1. The number of amides is 4. The molecule has 1 aliphatic rings. The third kappa shape index (κ3) is 9.07. The zero-order valence-electron chi connectivity index (χ0n) is 25.4. The second-order valence-corrected chi connectivity index (χ2v) is 11.3. The molecule has 0 radical (unpaired) electrons. The van der Waals surface area contributed by atoms with E-state index < -0.39 is 24.0 Å². The summed E-state index contributed by atoms with van der Waals surface area (Å²) in [6.07, 6.45) is 4.39. The van der Waals surface area contributed by atoms with Crippen molar-refractivity contribution in [3.63, 3.8) is 0 Å². The van der Waals surface area contributed by atoms with Crippen molar-refractivity contribution in [2.75, 3.05) is 6.54 Å². The van der Waals surface area contributed by atoms with Gasteiger partial charge in [-0.2, -0.15) is 0 Å². The zero-order chi connectivity index (χ0) is 32.3. The number of carboxylic acids is 1. The van der Waals surface area contributed by atoms with Gasteiger partial charge in [0.15, 0.2) is 0 Å². The molecule has 3 aromatic carbocycles. The van der Waals surface area contributed by atoms with Gasteiger partial charge in [-0.3, -0.25) is 4.79 Å². The van der Waals surface area contributed by atoms with Gasteiger partial charge in [0, 0.05) is 24.7 Å². The van der Waals surface area contributed by atoms with Crippen molar-refractivity contribution in [3.05, 3.63) is 101 Å². The zero-order valence-corrected chi connectivity index (χ0v) is 25.4. The maximum atomic E-state index is 13.4. The summed E-state index contributed by atoms with van der Waals surface area (Å²) in [5.41, 5.74) is 3.58. The molecule has 1 fully saturated rings. The van der Waals surface area contributed by atoms with E-state index >= 15 is 0 Å². The van der Waals surface area contributed by atoms with Crippen molar-refractivity contribution in [2.24, 2.45) is 0 Å². The average molecular weight is 627 g/mol. The van der Waals surface area contributed by atoms with Crippen molar-refractivity contribution in [2.45, 2.75) is 63.9 Å². The minimum Gasteiger partial charge on any atom is -0.480 e. The molecule has 4 amide bonds. The molecule has 46 heavy (non-hydrogen) atoms. The number of aromatic amines is 1. The summed E-state index contributed by atoms with van der Waals surface area (Å²) >= 11 is 0. The van der Waals surface area contributed by atoms with Gasteiger partial charge in [0.2, 0.25) is 0 Å². The predicted molar refractivity (Wildman–Crippen MR) is 171 cm³/mol. The standard InChI is InChI=1S/C34H38N6O6/c41-31(35-19-29(32(42)43)39-34(45)46-22-24-9-3-1-4-10-24)25-17-15-23(16-18-25)20-40(33(44)36-26-11-5-2-6-12-26)21-30-37-27-13-7-8-14-28(27)38-30/h1,3-4,7-10,13-18,26,29H,2,5-6,11-12,19-22H2,(H,35,41)(H,36,44)(H,37,38)(H,39,45)(H,42,43)/t29-/m0/s1. The number of nitrogens with zero attached hydrogens (tertiary/aromatic N) is 2. The summed E-state index contributed by atoms with van der Waals surface area (Å²) in [4.78, 5) is 59.7. The molecule has 0 saturated heterocycles. The Balaban J connectivity index is 1.18. The molecule has 1 aliphatic carbocycles. The van der Waals surface area contributed by atoms with E-state index in [2.05, 4.69) is 25.9 Å². The van der Waals surface area contributed by atoms with Crippen molar-refractivity contribution in [3.8, 4) is 0 Å². The number of fused-ring (bicyclic) bond motifs is 1. The molecular weight excluding hydrogens is 588 g/mol. The van der Waals surface area contributed by atoms with Crippen LogP contribution in [0.15, 0.2) is 78.9 Å². The van der Waals surface area contributed by atoms with Crippen LogP contribution in [0.1, 0.15) is 59.4 Å². The Morgan fingerprint density at radius 1 is 0.891 bits per heavy atom. The lowest BCUT2D eigenvalue weighted by molar-refractivity contribution is -0.139. The highest BCUT2D eigenvalue weighted by atomic mass is 16.5. The number of hydrogen-bond donors (Lipinski definition) is 5. The molecule has 1 atom stereocenters. The van der Waals surface area contributed by atoms with E-state index in [4.69, 9.17) is 4.74 Å². The van der Waals surface area contributed by atoms with Crippen LogP contribution in [0.25, 0.3) is 11.0 Å². The fourth-order valence-electron chi connectivity index (χ4n) is 5.36. The van der Waals surface area contributed by atoms with Gasteiger partial charge in [0.25, 0.3) is 5.91 Å². The number of carbonyl (C=O) groups is 4. The predicted octanol–water partition coefficient (Wildman–Crippen LogP) is 4.72. The number of H-pyrrole nitrogens is 1. The molecule has 5 N–H and O–H groups in total. The normalized spacial score (nSPS) is 13.8. The molecule has 5 rings (SSSR count). The Hall–Kier alpha value is -5.39. The number of para-hydroxylation sites is 2. The van der Waals surface area contributed by atoms with E-state index in [1.165, 1.54) is 6.42 Å². The number of aliphatic carboxylic acids is 1. The Labute approximate surface area is 266 Å². The summed E-state index contributed by atoms with van der Waals surface area (Å²) < 4.78 is 5.09. The molecule has 0 aliphatic heterocycles. The average Bonchev–Trinajstić information content (AvgIpc) is 3.49. The van der Waals surface area contributed by atoms with Gasteiger partial charge >= 0.3 is 18.1 Å². The van der Waals surface area contributed by atoms with E-state index in [0.29, 0.717) is 11.4 Å². The number of hydrogen-bond acceptors (Lipinski definition) is 6. The van der Waals surface area contributed by atoms with Gasteiger partial charge in [0.1, 0.15) is 18.5 Å². The monoisotopic (exact) mass is 626 g/mol. The number of aromatic nitrogens is 2. The maximum Gasteiger partial charge on any atom is 0.408 e. The van der Waals surface area contributed by atoms with Crippen LogP contribution >= 0.6 is 0 Å². The van der Waals surface area contributed by atoms with Crippen LogP contribution in [-0.2, 0) is 29.2 Å². The van der Waals surface area contributed by atoms with E-state index in [1.54, 1.807) is 53.4 Å². The molecule has 1 aromatic heterocycles. The van der Waals surface area contributed by atoms with Crippen molar-refractivity contribution < 1.29 is 29.0 Å². The Kier molecular flexibility index (Phi) is 10.8. The number of rotatable bonds is 12. The first kappa shape index (κ1) is 32.0. The first-order valence-electron chi connectivity index (χ1n) is 15.4. The largest absolute Gasteiger partial charge is 0.480 e. The maximum absolute atomic E-state index is 13.4. The van der Waals surface area contributed by atoms with Crippen LogP contribution in [-0.4, -0.2) is 62.6 Å². The first-order chi connectivity index (χ1) is 22.3. The quantitative estimate of drug-likeness (QED) is 0.152. The number of alkyl carbamates (subject to hydrolysis) is 1. The van der Waals surface area contributed by atoms with Gasteiger partial charge in [-0.05, 0) is 48.2 Å². The van der Waals surface area contributed by atoms with Crippen LogP contribution in [0, 0.1) is 0 Å². The summed E-state index contributed by atoms with van der Waals surface area (Å²) in [7, 11) is 0. The summed E-state index contributed by atoms with van der Waals surface area (Å²) in [5, 5.41) is 17.5. The Morgan fingerprint density at radius 3 is 2.33 bits per heavy atom. The molecule has 0 bridgehead atoms. The highest BCUT2D eigenvalue weighted by Crippen LogP contribution is 2.19. The van der Waals surface area contributed by atoms with Gasteiger partial charge in [-0.15, -0.1) is 0 Å². The fraction of sp³-hybridized carbons (Fsp3) is 0.324. The third-order valence-corrected chi connectivity index (χ3v) is 7.86. The molecule has 4 aromatic rings. The van der Waals surface area contributed by atoms with Crippen LogP contribution in [0.2, 0.25) is 0 Å². The second kappa shape index (κ2) is 15.6. The molecule has 12 nitrogen and oxygen atoms in total. The topological polar surface area (TPSA) is 166 Å². The number of nitrogens with one attached hydrogen (secondary N) is 4. The number of imidazole rings is 1. The van der Waals surface area contributed by atoms with Crippen LogP contribution in [0.4, 0.5) is 9.59 Å². The van der Waals surface area contributed by atoms with E-state index in [-0.39, 0.29) is 38.3 Å². The molecule has 0 unspecified atom stereocenters. The van der Waals surface area contributed by atoms with Crippen molar-refractivity contribution in [1.82, 2.24) is 30.8 Å². The van der Waals surface area contributed by atoms with Crippen molar-refractivity contribution in [1.29, 1.82) is 0 Å². The van der Waals surface area contributed by atoms with Gasteiger partial charge in [-0.25, -0.2) is 19.4 Å². The minimum absolute atomic E-state index is 0.0182. The number of benzene rings is 3. The number of ether oxygens (including phenoxy) is 1. The van der Waals surface area contributed by atoms with Gasteiger partial charge < -0.3 is 35.7 Å². The lowest BCUT2D eigenvalue weighted by Gasteiger charge is -2.28. The van der Waals surface area contributed by atoms with Crippen LogP contribution in [0.5, 0.6) is 0 Å². The lowest BCUT2D eigenvalue weighted by atomic mass is 9.96. The fourth-order valence-corrected chi connectivity index (χ4v) is 5.36. The van der Waals surface area contributed by atoms with Crippen LogP contribution in [0.3, 0.4) is 0 Å². The van der Waals surface area contributed by atoms with E-state index in [0.717, 1.165) is 47.8 Å². The minimum atomic E-state index is -1.39. The van der Waals surface area contributed by atoms with Gasteiger partial charge in [-0.1, -0.05) is 73.9 Å². The summed E-state index contributed by atoms with van der Waals surface area (Å²) in [6.45, 7) is 0.194. The highest BCUT2D eigenvalue weighted by Gasteiger charge is 2.23.